The molecule has 162 valence electrons. The van der Waals surface area contributed by atoms with Gasteiger partial charge in [0.2, 0.25) is 0 Å². The molecule has 0 saturated heterocycles. The molecule has 2 aliphatic carbocycles. The van der Waals surface area contributed by atoms with Crippen molar-refractivity contribution in [1.29, 1.82) is 0 Å². The second-order valence-corrected chi connectivity index (χ2v) is 7.84. The largest absolute Gasteiger partial charge is 0 e. The van der Waals surface area contributed by atoms with E-state index in [0.29, 0.717) is 5.41 Å². The van der Waals surface area contributed by atoms with Crippen molar-refractivity contribution in [3.8, 4) is 11.5 Å². The van der Waals surface area contributed by atoms with Gasteiger partial charge in [-0.2, -0.15) is 0 Å². The standard InChI is InChI=1S/C21H30O2.3CO.Cr/c1-3-22-19-14-18-16(9-5-7-13-23-18)17-11-10-15-8-4-6-12-21(15,2)20(17)19;3*1-2;/h14-15H,3-13H2,1-2H3;;;;/t15-,21+;;;;/m0..../s1. The van der Waals surface area contributed by atoms with Crippen LogP contribution in [0.1, 0.15) is 75.5 Å². The molecule has 1 heterocycles. The van der Waals surface area contributed by atoms with Gasteiger partial charge in [0.1, 0.15) is 11.5 Å². The molecule has 2 atom stereocenters. The molecule has 0 amide bonds. The number of rotatable bonds is 2. The van der Waals surface area contributed by atoms with E-state index in [0.717, 1.165) is 30.6 Å². The molecule has 0 bridgehead atoms. The van der Waals surface area contributed by atoms with E-state index in [-0.39, 0.29) is 17.4 Å². The van der Waals surface area contributed by atoms with E-state index >= 15 is 0 Å². The summed E-state index contributed by atoms with van der Waals surface area (Å²) in [6.07, 6.45) is 11.7. The molecule has 4 rings (SSSR count). The van der Waals surface area contributed by atoms with E-state index in [4.69, 9.17) is 23.4 Å². The smallest absolute Gasteiger partial charge is 0 e. The maximum absolute atomic E-state index is 7.50. The van der Waals surface area contributed by atoms with Gasteiger partial charge in [-0.1, -0.05) is 19.8 Å². The predicted molar refractivity (Wildman–Crippen MR) is 105 cm³/mol. The predicted octanol–water partition coefficient (Wildman–Crippen LogP) is 5.08. The molecule has 0 radical (unpaired) electrons. The molecule has 3 aliphatic rings. The van der Waals surface area contributed by atoms with E-state index in [1.54, 1.807) is 11.1 Å². The zero-order valence-corrected chi connectivity index (χ0v) is 19.2. The topological polar surface area (TPSA) is 78.2 Å². The molecule has 0 unspecified atom stereocenters. The van der Waals surface area contributed by atoms with E-state index in [9.17, 15) is 0 Å². The average Bonchev–Trinajstić information content (AvgIpc) is 3.03. The number of benzene rings is 1. The van der Waals surface area contributed by atoms with Gasteiger partial charge in [0.05, 0.1) is 13.2 Å². The second-order valence-electron chi connectivity index (χ2n) is 7.84. The maximum Gasteiger partial charge on any atom is 0 e. The normalized spacial score (nSPS) is 22.9. The summed E-state index contributed by atoms with van der Waals surface area (Å²) >= 11 is 0. The summed E-state index contributed by atoms with van der Waals surface area (Å²) in [5.41, 5.74) is 4.97. The Morgan fingerprint density at radius 1 is 1.00 bits per heavy atom. The Morgan fingerprint density at radius 3 is 2.37 bits per heavy atom. The summed E-state index contributed by atoms with van der Waals surface area (Å²) < 4.78 is 34.7. The molecule has 0 aromatic heterocycles. The van der Waals surface area contributed by atoms with Crippen molar-refractivity contribution < 1.29 is 40.8 Å². The molecule has 5 nitrogen and oxygen atoms in total. The maximum atomic E-state index is 7.50. The fourth-order valence-electron chi connectivity index (χ4n) is 5.40. The van der Waals surface area contributed by atoms with Crippen molar-refractivity contribution in [3.05, 3.63) is 42.7 Å². The minimum atomic E-state index is 0. The van der Waals surface area contributed by atoms with Crippen molar-refractivity contribution in [2.45, 2.75) is 77.0 Å². The SMILES string of the molecule is CCOc1cc2c(c3c1[C@]1(C)CCCC[C@H]1CC3)CCCCO2.[C-]#[O+].[C-]#[O+].[C-]#[O+].[Cr]. The molecular formula is C24H30CrO5. The summed E-state index contributed by atoms with van der Waals surface area (Å²) in [7, 11) is 0. The Hall–Kier alpha value is -1.43. The van der Waals surface area contributed by atoms with E-state index in [1.807, 2.05) is 0 Å². The van der Waals surface area contributed by atoms with Gasteiger partial charge in [0.15, 0.2) is 0 Å². The van der Waals surface area contributed by atoms with E-state index < -0.39 is 0 Å². The monoisotopic (exact) mass is 450 g/mol. The first-order chi connectivity index (χ1) is 14.2. The van der Waals surface area contributed by atoms with Crippen LogP contribution in [0.5, 0.6) is 11.5 Å². The van der Waals surface area contributed by atoms with Gasteiger partial charge < -0.3 is 9.47 Å². The van der Waals surface area contributed by atoms with Crippen molar-refractivity contribution >= 4 is 0 Å². The second kappa shape index (κ2) is 14.6. The molecule has 0 N–H and O–H groups in total. The summed E-state index contributed by atoms with van der Waals surface area (Å²) in [5, 5.41) is 0. The fourth-order valence-corrected chi connectivity index (χ4v) is 5.40. The van der Waals surface area contributed by atoms with Crippen LogP contribution in [-0.2, 0) is 49.6 Å². The number of hydrogen-bond acceptors (Lipinski definition) is 2. The van der Waals surface area contributed by atoms with Gasteiger partial charge in [0.25, 0.3) is 0 Å². The average molecular weight is 450 g/mol. The van der Waals surface area contributed by atoms with Gasteiger partial charge in [0, 0.05) is 29.0 Å². The Kier molecular flexibility index (Phi) is 13.9. The van der Waals surface area contributed by atoms with E-state index in [2.05, 4.69) is 39.9 Å². The molecule has 0 spiro atoms. The Balaban J connectivity index is 0.00000111. The van der Waals surface area contributed by atoms with Crippen LogP contribution in [0.15, 0.2) is 6.07 Å². The molecule has 1 aromatic rings. The molecule has 1 saturated carbocycles. The van der Waals surface area contributed by atoms with Crippen LogP contribution in [0.2, 0.25) is 0 Å². The van der Waals surface area contributed by atoms with Gasteiger partial charge in [-0.15, -0.1) is 0 Å². The van der Waals surface area contributed by atoms with Crippen LogP contribution in [0.4, 0.5) is 0 Å². The van der Waals surface area contributed by atoms with Crippen molar-refractivity contribution in [1.82, 2.24) is 0 Å². The minimum absolute atomic E-state index is 0. The quantitative estimate of drug-likeness (QED) is 0.465. The molecule has 30 heavy (non-hydrogen) atoms. The summed E-state index contributed by atoms with van der Waals surface area (Å²) in [6, 6.07) is 2.23. The van der Waals surface area contributed by atoms with E-state index in [1.165, 1.54) is 63.4 Å². The summed E-state index contributed by atoms with van der Waals surface area (Å²) in [4.78, 5) is 0. The van der Waals surface area contributed by atoms with Crippen LogP contribution in [0.25, 0.3) is 0 Å². The van der Waals surface area contributed by atoms with Gasteiger partial charge in [-0.05, 0) is 74.3 Å². The third-order valence-corrected chi connectivity index (χ3v) is 6.56. The third-order valence-electron chi connectivity index (χ3n) is 6.56. The zero-order valence-electron chi connectivity index (χ0n) is 17.9. The van der Waals surface area contributed by atoms with Crippen LogP contribution in [0, 0.1) is 25.9 Å². The number of fused-ring (bicyclic) bond motifs is 5. The van der Waals surface area contributed by atoms with Gasteiger partial charge in [-0.25, -0.2) is 0 Å². The van der Waals surface area contributed by atoms with Crippen LogP contribution >= 0.6 is 0 Å². The molecule has 6 heteroatoms. The van der Waals surface area contributed by atoms with Crippen molar-refractivity contribution in [2.75, 3.05) is 13.2 Å². The molecular weight excluding hydrogens is 420 g/mol. The number of ether oxygens (including phenoxy) is 2. The number of hydrogen-bond donors (Lipinski definition) is 0. The molecule has 1 fully saturated rings. The van der Waals surface area contributed by atoms with Crippen LogP contribution in [0.3, 0.4) is 0 Å². The van der Waals surface area contributed by atoms with Gasteiger partial charge >= 0.3 is 33.9 Å². The van der Waals surface area contributed by atoms with Gasteiger partial charge in [-0.3, -0.25) is 0 Å². The van der Waals surface area contributed by atoms with Crippen LogP contribution < -0.4 is 9.47 Å². The minimum Gasteiger partial charge on any atom is 0 e. The Morgan fingerprint density at radius 2 is 1.70 bits per heavy atom. The molecule has 1 aromatic carbocycles. The first kappa shape index (κ1) is 28.6. The zero-order chi connectivity index (χ0) is 21.9. The van der Waals surface area contributed by atoms with Crippen LogP contribution in [-0.4, -0.2) is 13.2 Å². The first-order valence-electron chi connectivity index (χ1n) is 10.3. The van der Waals surface area contributed by atoms with Crippen molar-refractivity contribution in [3.63, 3.8) is 0 Å². The molecule has 1 aliphatic heterocycles. The Labute approximate surface area is 191 Å². The summed E-state index contributed by atoms with van der Waals surface area (Å²) in [6.45, 7) is 19.7. The van der Waals surface area contributed by atoms with Crippen molar-refractivity contribution in [2.24, 2.45) is 5.92 Å². The third kappa shape index (κ3) is 5.83. The summed E-state index contributed by atoms with van der Waals surface area (Å²) in [5.74, 6) is 3.08. The Bertz CT molecular complexity index is 710. The first-order valence-corrected chi connectivity index (χ1v) is 10.3. The fraction of sp³-hybridized carbons (Fsp3) is 0.625.